The molecule has 1 saturated heterocycles. The number of carbonyl (C=O) groups excluding carboxylic acids is 3. The van der Waals surface area contributed by atoms with Crippen molar-refractivity contribution in [1.29, 1.82) is 0 Å². The third kappa shape index (κ3) is 11.5. The van der Waals surface area contributed by atoms with E-state index >= 15 is 0 Å². The molecule has 1 aliphatic rings. The largest absolute Gasteiger partial charge is 0.481 e. The predicted octanol–water partition coefficient (Wildman–Crippen LogP) is -2.15. The molecule has 0 aromatic carbocycles. The van der Waals surface area contributed by atoms with Gasteiger partial charge < -0.3 is 42.9 Å². The minimum atomic E-state index is -1.68. The fourth-order valence-electron chi connectivity index (χ4n) is 3.58. The molecular weight excluding hydrogens is 462 g/mol. The number of carbonyl (C=O) groups is 5. The number of nitrogens with two attached hydrogens (primary N) is 2. The van der Waals surface area contributed by atoms with Crippen molar-refractivity contribution in [1.82, 2.24) is 21.3 Å². The van der Waals surface area contributed by atoms with E-state index < -0.39 is 54.3 Å². The van der Waals surface area contributed by atoms with Crippen molar-refractivity contribution in [2.24, 2.45) is 22.4 Å². The first-order chi connectivity index (χ1) is 16.4. The van der Waals surface area contributed by atoms with Gasteiger partial charge in [0.1, 0.15) is 18.1 Å². The molecule has 4 unspecified atom stereocenters. The van der Waals surface area contributed by atoms with Crippen molar-refractivity contribution in [2.75, 3.05) is 13.1 Å². The predicted molar refractivity (Wildman–Crippen MR) is 126 cm³/mol. The summed E-state index contributed by atoms with van der Waals surface area (Å²) in [5.41, 5.74) is 10.6. The molecule has 0 spiro atoms. The standard InChI is InChI=1S/C21H37N7O7/c1-11(2)9-14(27-17(31)12-5-3-7-24-12)19(33)26-13(6-4-8-25-21(22)23)18(32)28-15(20(34)35)10-16(29)30/h11-15,24H,3-10H2,1-2H3,(H,26,33)(H,27,31)(H,28,32)(H,29,30)(H,34,35)(H4,22,23,25). The van der Waals surface area contributed by atoms with Crippen LogP contribution in [0.4, 0.5) is 0 Å². The van der Waals surface area contributed by atoms with Crippen LogP contribution in [0.2, 0.25) is 0 Å². The molecule has 14 heteroatoms. The molecule has 1 rings (SSSR count). The third-order valence-corrected chi connectivity index (χ3v) is 5.29. The summed E-state index contributed by atoms with van der Waals surface area (Å²) in [6.07, 6.45) is 1.27. The van der Waals surface area contributed by atoms with Gasteiger partial charge in [0.05, 0.1) is 12.5 Å². The van der Waals surface area contributed by atoms with E-state index in [9.17, 15) is 29.1 Å². The minimum absolute atomic E-state index is 0.0420. The van der Waals surface area contributed by atoms with Crippen LogP contribution in [-0.2, 0) is 24.0 Å². The van der Waals surface area contributed by atoms with Crippen molar-refractivity contribution in [3.63, 3.8) is 0 Å². The fraction of sp³-hybridized carbons (Fsp3) is 0.714. The molecule has 198 valence electrons. The zero-order valence-corrected chi connectivity index (χ0v) is 20.1. The number of amides is 3. The van der Waals surface area contributed by atoms with Crippen molar-refractivity contribution in [3.05, 3.63) is 0 Å². The molecule has 10 N–H and O–H groups in total. The molecule has 1 aliphatic heterocycles. The molecule has 0 saturated carbocycles. The molecule has 0 aromatic rings. The van der Waals surface area contributed by atoms with Gasteiger partial charge in [0.15, 0.2) is 5.96 Å². The second kappa shape index (κ2) is 14.8. The zero-order valence-electron chi connectivity index (χ0n) is 20.1. The van der Waals surface area contributed by atoms with Gasteiger partial charge in [-0.1, -0.05) is 13.8 Å². The topological polar surface area (TPSA) is 238 Å². The number of guanidine groups is 1. The van der Waals surface area contributed by atoms with E-state index in [1.807, 2.05) is 13.8 Å². The van der Waals surface area contributed by atoms with Gasteiger partial charge in [-0.15, -0.1) is 0 Å². The summed E-state index contributed by atoms with van der Waals surface area (Å²) in [6, 6.07) is -4.21. The number of carboxylic acid groups (broad SMARTS) is 2. The first-order valence-corrected chi connectivity index (χ1v) is 11.5. The number of nitrogens with zero attached hydrogens (tertiary/aromatic N) is 1. The van der Waals surface area contributed by atoms with Crippen LogP contribution < -0.4 is 32.7 Å². The highest BCUT2D eigenvalue weighted by atomic mass is 16.4. The first-order valence-electron chi connectivity index (χ1n) is 11.5. The Morgan fingerprint density at radius 1 is 1.00 bits per heavy atom. The summed E-state index contributed by atoms with van der Waals surface area (Å²) in [6.45, 7) is 4.61. The van der Waals surface area contributed by atoms with Crippen LogP contribution in [0.15, 0.2) is 4.99 Å². The van der Waals surface area contributed by atoms with Gasteiger partial charge in [0.25, 0.3) is 0 Å². The second-order valence-corrected chi connectivity index (χ2v) is 8.85. The lowest BCUT2D eigenvalue weighted by Crippen LogP contribution is -2.57. The normalized spacial score (nSPS) is 17.6. The van der Waals surface area contributed by atoms with Crippen LogP contribution in [-0.4, -0.2) is 83.1 Å². The molecule has 0 aromatic heterocycles. The van der Waals surface area contributed by atoms with Crippen molar-refractivity contribution >= 4 is 35.6 Å². The number of aliphatic imine (C=N–C) groups is 1. The maximum atomic E-state index is 13.1. The number of aliphatic carboxylic acids is 2. The van der Waals surface area contributed by atoms with Crippen molar-refractivity contribution in [3.8, 4) is 0 Å². The molecule has 0 radical (unpaired) electrons. The minimum Gasteiger partial charge on any atom is -0.481 e. The Hall–Kier alpha value is -3.42. The van der Waals surface area contributed by atoms with Gasteiger partial charge in [-0.2, -0.15) is 0 Å². The van der Waals surface area contributed by atoms with Gasteiger partial charge >= 0.3 is 11.9 Å². The van der Waals surface area contributed by atoms with E-state index in [0.29, 0.717) is 19.4 Å². The zero-order chi connectivity index (χ0) is 26.5. The number of carboxylic acids is 2. The fourth-order valence-corrected chi connectivity index (χ4v) is 3.58. The quantitative estimate of drug-likeness (QED) is 0.0690. The Balaban J connectivity index is 2.98. The Bertz CT molecular complexity index is 793. The van der Waals surface area contributed by atoms with Crippen molar-refractivity contribution in [2.45, 2.75) is 76.5 Å². The monoisotopic (exact) mass is 499 g/mol. The lowest BCUT2D eigenvalue weighted by Gasteiger charge is -2.26. The maximum Gasteiger partial charge on any atom is 0.326 e. The molecule has 35 heavy (non-hydrogen) atoms. The summed E-state index contributed by atoms with van der Waals surface area (Å²) in [5.74, 6) is -4.84. The number of hydrogen-bond donors (Lipinski definition) is 8. The van der Waals surface area contributed by atoms with Crippen LogP contribution >= 0.6 is 0 Å². The summed E-state index contributed by atoms with van der Waals surface area (Å²) in [7, 11) is 0. The summed E-state index contributed by atoms with van der Waals surface area (Å²) in [5, 5.41) is 28.7. The summed E-state index contributed by atoms with van der Waals surface area (Å²) in [4.78, 5) is 64.6. The van der Waals surface area contributed by atoms with E-state index in [0.717, 1.165) is 6.42 Å². The third-order valence-electron chi connectivity index (χ3n) is 5.29. The Morgan fingerprint density at radius 2 is 1.63 bits per heavy atom. The van der Waals surface area contributed by atoms with Crippen LogP contribution in [0.5, 0.6) is 0 Å². The summed E-state index contributed by atoms with van der Waals surface area (Å²) >= 11 is 0. The highest BCUT2D eigenvalue weighted by Crippen LogP contribution is 2.10. The van der Waals surface area contributed by atoms with Crippen molar-refractivity contribution < 1.29 is 34.2 Å². The molecule has 1 heterocycles. The first kappa shape index (κ1) is 29.6. The lowest BCUT2D eigenvalue weighted by atomic mass is 10.0. The van der Waals surface area contributed by atoms with E-state index in [2.05, 4.69) is 26.3 Å². The van der Waals surface area contributed by atoms with E-state index in [4.69, 9.17) is 16.6 Å². The molecule has 0 aliphatic carbocycles. The van der Waals surface area contributed by atoms with Gasteiger partial charge in [-0.3, -0.25) is 24.2 Å². The smallest absolute Gasteiger partial charge is 0.326 e. The molecule has 1 fully saturated rings. The molecule has 3 amide bonds. The second-order valence-electron chi connectivity index (χ2n) is 8.85. The van der Waals surface area contributed by atoms with Crippen LogP contribution in [0.25, 0.3) is 0 Å². The summed E-state index contributed by atoms with van der Waals surface area (Å²) < 4.78 is 0. The highest BCUT2D eigenvalue weighted by Gasteiger charge is 2.32. The number of nitrogens with one attached hydrogen (secondary N) is 4. The van der Waals surface area contributed by atoms with Gasteiger partial charge in [-0.05, 0) is 44.6 Å². The highest BCUT2D eigenvalue weighted by molar-refractivity contribution is 5.94. The molecular formula is C21H37N7O7. The average molecular weight is 500 g/mol. The molecule has 0 bridgehead atoms. The SMILES string of the molecule is CC(C)CC(NC(=O)C1CCCN1)C(=O)NC(CCCN=C(N)N)C(=O)NC(CC(=O)O)C(=O)O. The Kier molecular flexibility index (Phi) is 12.5. The number of rotatable bonds is 15. The molecule has 4 atom stereocenters. The molecule has 14 nitrogen and oxygen atoms in total. The van der Waals surface area contributed by atoms with Crippen LogP contribution in [0, 0.1) is 5.92 Å². The van der Waals surface area contributed by atoms with Gasteiger partial charge in [-0.25, -0.2) is 4.79 Å². The lowest BCUT2D eigenvalue weighted by molar-refractivity contribution is -0.147. The average Bonchev–Trinajstić information content (AvgIpc) is 3.28. The van der Waals surface area contributed by atoms with Gasteiger partial charge in [0.2, 0.25) is 17.7 Å². The van der Waals surface area contributed by atoms with Crippen LogP contribution in [0.1, 0.15) is 52.4 Å². The van der Waals surface area contributed by atoms with Crippen LogP contribution in [0.3, 0.4) is 0 Å². The van der Waals surface area contributed by atoms with Gasteiger partial charge in [0, 0.05) is 6.54 Å². The van der Waals surface area contributed by atoms with E-state index in [1.54, 1.807) is 0 Å². The van der Waals surface area contributed by atoms with E-state index in [-0.39, 0.29) is 37.2 Å². The Morgan fingerprint density at radius 3 is 2.14 bits per heavy atom. The Labute approximate surface area is 203 Å². The van der Waals surface area contributed by atoms with E-state index in [1.165, 1.54) is 0 Å². The maximum absolute atomic E-state index is 13.1. The number of hydrogen-bond acceptors (Lipinski definition) is 7.